The zero-order valence-corrected chi connectivity index (χ0v) is 31.4. The summed E-state index contributed by atoms with van der Waals surface area (Å²) in [6.07, 6.45) is 3.88. The highest BCUT2D eigenvalue weighted by molar-refractivity contribution is 6.37. The number of rotatable bonds is 13. The number of nitrogens with zero attached hydrogens (tertiary/aromatic N) is 2. The molecule has 0 spiro atoms. The largest absolute Gasteiger partial charge is 0.444 e. The standard InChI is InChI=1S/C36H57N7O9/c1-34(2,3)24(19-43-25(44)16-35(4,5)17-26(43)45)40-33(51)41-28(36(6)12-8-7-9-13-36)31(49)42-18-21(52-32(38)50)15-23(42)30(48)39-22(14-20-10-11-20)27(46)29(37)47/h20-24,28H,7-19H2,1-6H3,(H2,37,47)(H2,38,50)(H,39,48)(H2,40,41,51)/t21-,22?,23+,24-,28-/m1/s1. The predicted octanol–water partition coefficient (Wildman–Crippen LogP) is 1.62. The van der Waals surface area contributed by atoms with Crippen molar-refractivity contribution in [2.24, 2.45) is 33.6 Å². The SMILES string of the molecule is CC1(C)CC(=O)N(C[C@@H](NC(=O)N[C@H](C(=O)N2C[C@H](OC(N)=O)C[C@H]2C(=O)NC(CC2CC2)C(=O)C(N)=O)C2(C)CCCCC2)C(C)(C)C)C(=O)C1. The van der Waals surface area contributed by atoms with Gasteiger partial charge in [-0.05, 0) is 41.4 Å². The molecular weight excluding hydrogens is 674 g/mol. The summed E-state index contributed by atoms with van der Waals surface area (Å²) in [4.78, 5) is 107. The zero-order valence-electron chi connectivity index (χ0n) is 31.4. The number of imide groups is 1. The Balaban J connectivity index is 1.59. The van der Waals surface area contributed by atoms with E-state index in [1.165, 1.54) is 9.80 Å². The smallest absolute Gasteiger partial charge is 0.404 e. The molecule has 290 valence electrons. The summed E-state index contributed by atoms with van der Waals surface area (Å²) in [7, 11) is 0. The molecule has 0 aromatic carbocycles. The Labute approximate surface area is 305 Å². The molecule has 1 unspecified atom stereocenters. The summed E-state index contributed by atoms with van der Waals surface area (Å²) in [6.45, 7) is 11.0. The fraction of sp³-hybridized carbons (Fsp3) is 0.778. The molecule has 52 heavy (non-hydrogen) atoms. The van der Waals surface area contributed by atoms with Crippen LogP contribution >= 0.6 is 0 Å². The molecule has 2 heterocycles. The second-order valence-corrected chi connectivity index (χ2v) is 17.4. The van der Waals surface area contributed by atoms with Gasteiger partial charge in [-0.15, -0.1) is 0 Å². The molecule has 2 aliphatic carbocycles. The van der Waals surface area contributed by atoms with Crippen LogP contribution in [-0.4, -0.2) is 101 Å². The van der Waals surface area contributed by atoms with E-state index in [1.807, 2.05) is 41.5 Å². The number of ether oxygens (including phenoxy) is 1. The summed E-state index contributed by atoms with van der Waals surface area (Å²) in [5.41, 5.74) is 8.79. The average Bonchev–Trinajstić information content (AvgIpc) is 3.74. The lowest BCUT2D eigenvalue weighted by Gasteiger charge is -2.43. The molecule has 0 bridgehead atoms. The van der Waals surface area contributed by atoms with Gasteiger partial charge in [0.2, 0.25) is 29.4 Å². The van der Waals surface area contributed by atoms with Crippen molar-refractivity contribution in [1.29, 1.82) is 0 Å². The Morgan fingerprint density at radius 3 is 2.02 bits per heavy atom. The number of urea groups is 1. The molecule has 16 nitrogen and oxygen atoms in total. The molecule has 2 aliphatic heterocycles. The van der Waals surface area contributed by atoms with Crippen LogP contribution in [0.3, 0.4) is 0 Å². The van der Waals surface area contributed by atoms with Gasteiger partial charge in [-0.3, -0.25) is 33.7 Å². The number of carbonyl (C=O) groups excluding carboxylic acids is 8. The van der Waals surface area contributed by atoms with E-state index in [0.29, 0.717) is 12.8 Å². The van der Waals surface area contributed by atoms with Gasteiger partial charge in [0.25, 0.3) is 5.91 Å². The van der Waals surface area contributed by atoms with Gasteiger partial charge in [0.1, 0.15) is 18.2 Å². The van der Waals surface area contributed by atoms with E-state index in [-0.39, 0.29) is 56.5 Å². The third-order valence-electron chi connectivity index (χ3n) is 11.1. The van der Waals surface area contributed by atoms with Crippen LogP contribution in [0.25, 0.3) is 0 Å². The summed E-state index contributed by atoms with van der Waals surface area (Å²) >= 11 is 0. The minimum absolute atomic E-state index is 0.0485. The van der Waals surface area contributed by atoms with Crippen LogP contribution in [0.15, 0.2) is 0 Å². The van der Waals surface area contributed by atoms with Gasteiger partial charge >= 0.3 is 12.1 Å². The first-order valence-electron chi connectivity index (χ1n) is 18.4. The van der Waals surface area contributed by atoms with E-state index in [9.17, 15) is 38.4 Å². The first-order valence-corrected chi connectivity index (χ1v) is 18.4. The second-order valence-electron chi connectivity index (χ2n) is 17.4. The topological polar surface area (TPSA) is 240 Å². The monoisotopic (exact) mass is 731 g/mol. The molecule has 0 aromatic rings. The molecule has 0 aromatic heterocycles. The van der Waals surface area contributed by atoms with Crippen molar-refractivity contribution in [1.82, 2.24) is 25.8 Å². The van der Waals surface area contributed by atoms with E-state index < -0.39 is 82.1 Å². The maximum atomic E-state index is 14.7. The highest BCUT2D eigenvalue weighted by Gasteiger charge is 2.50. The van der Waals surface area contributed by atoms with Crippen LogP contribution in [0.4, 0.5) is 9.59 Å². The van der Waals surface area contributed by atoms with Crippen molar-refractivity contribution in [3.05, 3.63) is 0 Å². The first kappa shape index (κ1) is 40.5. The van der Waals surface area contributed by atoms with Gasteiger partial charge in [-0.1, -0.05) is 73.6 Å². The molecule has 4 fully saturated rings. The number of Topliss-reactive ketones (excluding diaryl/α,β-unsaturated/α-hetero) is 1. The number of piperidine rings is 1. The average molecular weight is 732 g/mol. The second kappa shape index (κ2) is 15.8. The summed E-state index contributed by atoms with van der Waals surface area (Å²) < 4.78 is 5.23. The lowest BCUT2D eigenvalue weighted by atomic mass is 9.70. The predicted molar refractivity (Wildman–Crippen MR) is 188 cm³/mol. The van der Waals surface area contributed by atoms with Crippen molar-refractivity contribution < 1.29 is 43.1 Å². The molecule has 0 radical (unpaired) electrons. The van der Waals surface area contributed by atoms with Crippen LogP contribution in [0.1, 0.15) is 112 Å². The van der Waals surface area contributed by atoms with Crippen molar-refractivity contribution in [2.45, 2.75) is 142 Å². The van der Waals surface area contributed by atoms with Crippen LogP contribution < -0.4 is 27.4 Å². The molecule has 8 amide bonds. The number of nitrogens with two attached hydrogens (primary N) is 2. The first-order chi connectivity index (χ1) is 24.1. The van der Waals surface area contributed by atoms with E-state index in [0.717, 1.165) is 32.1 Å². The van der Waals surface area contributed by atoms with Crippen LogP contribution in [-0.2, 0) is 33.5 Å². The number of hydrogen-bond donors (Lipinski definition) is 5. The van der Waals surface area contributed by atoms with Gasteiger partial charge in [-0.25, -0.2) is 9.59 Å². The lowest BCUT2D eigenvalue weighted by Crippen LogP contribution is -2.63. The van der Waals surface area contributed by atoms with Gasteiger partial charge in [-0.2, -0.15) is 0 Å². The number of hydrogen-bond acceptors (Lipinski definition) is 9. The summed E-state index contributed by atoms with van der Waals surface area (Å²) in [5.74, 6) is -3.94. The highest BCUT2D eigenvalue weighted by atomic mass is 16.6. The summed E-state index contributed by atoms with van der Waals surface area (Å²) in [6, 6.07) is -4.91. The maximum Gasteiger partial charge on any atom is 0.404 e. The van der Waals surface area contributed by atoms with Crippen molar-refractivity contribution in [2.75, 3.05) is 13.1 Å². The van der Waals surface area contributed by atoms with Crippen molar-refractivity contribution in [3.8, 4) is 0 Å². The zero-order chi connectivity index (χ0) is 38.8. The minimum Gasteiger partial charge on any atom is -0.444 e. The van der Waals surface area contributed by atoms with Crippen molar-refractivity contribution >= 4 is 47.4 Å². The van der Waals surface area contributed by atoms with E-state index in [1.54, 1.807) is 0 Å². The third-order valence-corrected chi connectivity index (χ3v) is 11.1. The Bertz CT molecular complexity index is 1430. The molecule has 4 aliphatic rings. The van der Waals surface area contributed by atoms with Crippen LogP contribution in [0.5, 0.6) is 0 Å². The minimum atomic E-state index is -1.22. The molecule has 16 heteroatoms. The highest BCUT2D eigenvalue weighted by Crippen LogP contribution is 2.41. The number of carbonyl (C=O) groups is 8. The fourth-order valence-corrected chi connectivity index (χ4v) is 7.71. The maximum absolute atomic E-state index is 14.7. The van der Waals surface area contributed by atoms with Crippen LogP contribution in [0.2, 0.25) is 0 Å². The summed E-state index contributed by atoms with van der Waals surface area (Å²) in [5, 5.41) is 8.44. The molecule has 2 saturated carbocycles. The Morgan fingerprint density at radius 1 is 0.904 bits per heavy atom. The van der Waals surface area contributed by atoms with E-state index >= 15 is 0 Å². The lowest BCUT2D eigenvalue weighted by molar-refractivity contribution is -0.153. The van der Waals surface area contributed by atoms with E-state index in [2.05, 4.69) is 16.0 Å². The molecular formula is C36H57N7O9. The molecule has 7 N–H and O–H groups in total. The normalized spacial score (nSPS) is 24.7. The Hall–Kier alpha value is -4.24. The number of primary amides is 2. The number of nitrogens with one attached hydrogen (secondary N) is 3. The molecule has 2 saturated heterocycles. The Kier molecular flexibility index (Phi) is 12.3. The van der Waals surface area contributed by atoms with Gasteiger partial charge in [0, 0.05) is 25.8 Å². The molecule has 4 rings (SSSR count). The van der Waals surface area contributed by atoms with Crippen LogP contribution in [0, 0.1) is 22.2 Å². The number of likely N-dealkylation sites (tertiary alicyclic amines) is 2. The van der Waals surface area contributed by atoms with Gasteiger partial charge in [0.05, 0.1) is 18.6 Å². The number of amides is 8. The van der Waals surface area contributed by atoms with Crippen molar-refractivity contribution in [3.63, 3.8) is 0 Å². The molecule has 5 atom stereocenters. The fourth-order valence-electron chi connectivity index (χ4n) is 7.71. The van der Waals surface area contributed by atoms with E-state index in [4.69, 9.17) is 16.2 Å². The third kappa shape index (κ3) is 10.2. The van der Waals surface area contributed by atoms with Gasteiger partial charge < -0.3 is 37.1 Å². The number of ketones is 1. The quantitative estimate of drug-likeness (QED) is 0.136. The van der Waals surface area contributed by atoms with Gasteiger partial charge in [0.15, 0.2) is 0 Å². The Morgan fingerprint density at radius 2 is 1.50 bits per heavy atom.